The van der Waals surface area contributed by atoms with Gasteiger partial charge in [-0.1, -0.05) is 59.8 Å². The molecule has 0 spiro atoms. The monoisotopic (exact) mass is 482 g/mol. The number of hydrogen-bond acceptors (Lipinski definition) is 7. The quantitative estimate of drug-likeness (QED) is 0.537. The highest BCUT2D eigenvalue weighted by molar-refractivity contribution is 7.86. The van der Waals surface area contributed by atoms with E-state index in [0.29, 0.717) is 18.2 Å². The first kappa shape index (κ1) is 24.2. The maximum absolute atomic E-state index is 13.1. The summed E-state index contributed by atoms with van der Waals surface area (Å²) in [4.78, 5) is 0. The summed E-state index contributed by atoms with van der Waals surface area (Å²) < 4.78 is 35.0. The number of methoxy groups -OCH3 is 3. The van der Waals surface area contributed by atoms with Crippen LogP contribution in [-0.2, 0) is 25.0 Å². The van der Waals surface area contributed by atoms with E-state index in [1.807, 2.05) is 42.5 Å². The first-order chi connectivity index (χ1) is 16.6. The predicted molar refractivity (Wildman–Crippen MR) is 134 cm³/mol. The smallest absolute Gasteiger partial charge is 0.170 e. The zero-order valence-electron chi connectivity index (χ0n) is 19.6. The maximum atomic E-state index is 13.1. The van der Waals surface area contributed by atoms with Crippen molar-refractivity contribution in [3.8, 4) is 0 Å². The molecular weight excluding hydrogens is 452 g/mol. The summed E-state index contributed by atoms with van der Waals surface area (Å²) in [5.41, 5.74) is 3.46. The third-order valence-corrected chi connectivity index (χ3v) is 7.38. The fourth-order valence-corrected chi connectivity index (χ4v) is 5.63. The first-order valence-corrected chi connectivity index (χ1v) is 12.5. The van der Waals surface area contributed by atoms with E-state index in [4.69, 9.17) is 18.7 Å². The molecule has 0 saturated carbocycles. The summed E-state index contributed by atoms with van der Waals surface area (Å²) >= 11 is 0. The van der Waals surface area contributed by atoms with Crippen molar-refractivity contribution >= 4 is 22.2 Å². The molecule has 2 aromatic rings. The number of nitrogens with zero attached hydrogens (tertiary/aromatic N) is 1. The number of benzene rings is 1. The summed E-state index contributed by atoms with van der Waals surface area (Å²) in [6.45, 7) is 0.560. The van der Waals surface area contributed by atoms with Crippen LogP contribution in [0.15, 0.2) is 82.6 Å². The lowest BCUT2D eigenvalue weighted by molar-refractivity contribution is 0.125. The first-order valence-electron chi connectivity index (χ1n) is 11.1. The minimum Gasteiger partial charge on any atom is -0.500 e. The van der Waals surface area contributed by atoms with E-state index in [1.165, 1.54) is 5.57 Å². The van der Waals surface area contributed by atoms with Crippen molar-refractivity contribution in [1.29, 1.82) is 0 Å². The van der Waals surface area contributed by atoms with Crippen LogP contribution in [0.2, 0.25) is 0 Å². The van der Waals surface area contributed by atoms with Gasteiger partial charge >= 0.3 is 0 Å². The summed E-state index contributed by atoms with van der Waals surface area (Å²) in [5.74, 6) is 2.15. The van der Waals surface area contributed by atoms with Crippen molar-refractivity contribution in [2.24, 2.45) is 0 Å². The fourth-order valence-electron chi connectivity index (χ4n) is 4.23. The van der Waals surface area contributed by atoms with Crippen LogP contribution in [-0.4, -0.2) is 54.5 Å². The molecule has 34 heavy (non-hydrogen) atoms. The molecule has 0 saturated heterocycles. The lowest BCUT2D eigenvalue weighted by Crippen LogP contribution is -2.37. The molecule has 0 amide bonds. The second-order valence-corrected chi connectivity index (χ2v) is 9.69. The van der Waals surface area contributed by atoms with E-state index in [2.05, 4.69) is 34.8 Å². The number of nitrogens with one attached hydrogen (secondary N) is 1. The number of rotatable bonds is 10. The molecule has 2 aliphatic rings. The summed E-state index contributed by atoms with van der Waals surface area (Å²) in [6.07, 6.45) is 10.4. The highest BCUT2D eigenvalue weighted by Gasteiger charge is 2.32. The van der Waals surface area contributed by atoms with Gasteiger partial charge in [0.1, 0.15) is 16.8 Å². The average Bonchev–Trinajstić information content (AvgIpc) is 3.36. The van der Waals surface area contributed by atoms with Crippen LogP contribution in [0.3, 0.4) is 0 Å². The third kappa shape index (κ3) is 5.58. The molecule has 0 bridgehead atoms. The Hall–Kier alpha value is -2.94. The molecule has 8 heteroatoms. The molecule has 1 aromatic carbocycles. The van der Waals surface area contributed by atoms with Crippen molar-refractivity contribution in [2.75, 3.05) is 39.1 Å². The van der Waals surface area contributed by atoms with Crippen LogP contribution in [0.1, 0.15) is 23.7 Å². The summed E-state index contributed by atoms with van der Waals surface area (Å²) in [7, 11) is 3.58. The Morgan fingerprint density at radius 1 is 1.21 bits per heavy atom. The van der Waals surface area contributed by atoms with Crippen molar-refractivity contribution in [3.63, 3.8) is 0 Å². The Kier molecular flexibility index (Phi) is 8.16. The molecule has 2 aliphatic carbocycles. The molecule has 1 heterocycles. The predicted octanol–water partition coefficient (Wildman–Crippen LogP) is 4.42. The molecule has 0 aliphatic heterocycles. The molecule has 1 N–H and O–H groups in total. The third-order valence-electron chi connectivity index (χ3n) is 5.88. The van der Waals surface area contributed by atoms with Crippen LogP contribution in [0.4, 0.5) is 5.82 Å². The summed E-state index contributed by atoms with van der Waals surface area (Å²) in [6, 6.07) is 12.1. The van der Waals surface area contributed by atoms with Gasteiger partial charge in [-0.3, -0.25) is 4.21 Å². The van der Waals surface area contributed by atoms with Crippen LogP contribution >= 0.6 is 0 Å². The Morgan fingerprint density at radius 3 is 2.76 bits per heavy atom. The number of allylic oxidation sites excluding steroid dienone is 5. The highest BCUT2D eigenvalue weighted by atomic mass is 32.2. The van der Waals surface area contributed by atoms with Gasteiger partial charge in [0, 0.05) is 26.2 Å². The highest BCUT2D eigenvalue weighted by Crippen LogP contribution is 2.36. The van der Waals surface area contributed by atoms with E-state index in [0.717, 1.165) is 23.3 Å². The largest absolute Gasteiger partial charge is 0.500 e. The van der Waals surface area contributed by atoms with Gasteiger partial charge in [0.05, 0.1) is 36.5 Å². The fraction of sp³-hybridized carbons (Fsp3) is 0.346. The maximum Gasteiger partial charge on any atom is 0.170 e. The van der Waals surface area contributed by atoms with Crippen LogP contribution in [0.5, 0.6) is 0 Å². The molecule has 4 unspecified atom stereocenters. The molecule has 4 rings (SSSR count). The van der Waals surface area contributed by atoms with E-state index in [1.54, 1.807) is 21.3 Å². The second kappa shape index (κ2) is 11.5. The summed E-state index contributed by atoms with van der Waals surface area (Å²) in [5, 5.41) is 6.91. The van der Waals surface area contributed by atoms with Gasteiger partial charge < -0.3 is 24.1 Å². The normalized spacial score (nSPS) is 23.0. The van der Waals surface area contributed by atoms with Gasteiger partial charge in [-0.05, 0) is 29.2 Å². The number of aromatic nitrogens is 1. The van der Waals surface area contributed by atoms with Crippen molar-refractivity contribution < 1.29 is 22.9 Å². The lowest BCUT2D eigenvalue weighted by Gasteiger charge is -2.26. The Balaban J connectivity index is 1.46. The van der Waals surface area contributed by atoms with Gasteiger partial charge in [0.2, 0.25) is 0 Å². The number of hydrogen-bond donors (Lipinski definition) is 1. The van der Waals surface area contributed by atoms with Crippen LogP contribution < -0.4 is 5.32 Å². The molecule has 7 nitrogen and oxygen atoms in total. The molecule has 1 aromatic heterocycles. The van der Waals surface area contributed by atoms with Gasteiger partial charge in [-0.25, -0.2) is 0 Å². The van der Waals surface area contributed by atoms with E-state index >= 15 is 0 Å². The van der Waals surface area contributed by atoms with Crippen molar-refractivity contribution in [2.45, 2.75) is 23.7 Å². The average molecular weight is 483 g/mol. The SMILES string of the molecule is COCC1=CC(c2ccccc2)=CC(c2cc(NCS(=O)C3C(OC)=CC=CC3OC)no2)C1. The Morgan fingerprint density at radius 2 is 2.03 bits per heavy atom. The molecule has 180 valence electrons. The zero-order chi connectivity index (χ0) is 23.9. The van der Waals surface area contributed by atoms with Crippen molar-refractivity contribution in [1.82, 2.24) is 5.16 Å². The van der Waals surface area contributed by atoms with Crippen LogP contribution in [0.25, 0.3) is 5.57 Å². The van der Waals surface area contributed by atoms with Crippen molar-refractivity contribution in [3.05, 3.63) is 89.4 Å². The van der Waals surface area contributed by atoms with Gasteiger partial charge in [-0.15, -0.1) is 0 Å². The minimum absolute atomic E-state index is 0.0308. The molecule has 0 fully saturated rings. The van der Waals surface area contributed by atoms with E-state index in [9.17, 15) is 4.21 Å². The molecular formula is C26H30N2O5S. The second-order valence-electron chi connectivity index (χ2n) is 8.13. The van der Waals surface area contributed by atoms with E-state index in [-0.39, 0.29) is 17.9 Å². The number of anilines is 1. The topological polar surface area (TPSA) is 82.8 Å². The Bertz CT molecular complexity index is 1120. The standard InChI is InChI=1S/C26H30N2O5S/c1-30-16-18-12-20(19-8-5-4-6-9-19)14-21(13-18)24-15-25(28-33-24)27-17-34(29)26-22(31-2)10-7-11-23(26)32-3/h4-12,14-15,21-22,26H,13,16-17H2,1-3H3,(H,27,28). The van der Waals surface area contributed by atoms with Gasteiger partial charge in [0.15, 0.2) is 5.82 Å². The van der Waals surface area contributed by atoms with E-state index < -0.39 is 16.0 Å². The zero-order valence-corrected chi connectivity index (χ0v) is 20.4. The minimum atomic E-state index is -1.30. The number of ether oxygens (including phenoxy) is 3. The van der Waals surface area contributed by atoms with Gasteiger partial charge in [0.25, 0.3) is 0 Å². The lowest BCUT2D eigenvalue weighted by atomic mass is 9.86. The Labute approximate surface area is 202 Å². The molecule has 0 radical (unpaired) electrons. The van der Waals surface area contributed by atoms with Crippen LogP contribution in [0, 0.1) is 0 Å². The molecule has 4 atom stereocenters. The van der Waals surface area contributed by atoms with Gasteiger partial charge in [-0.2, -0.15) is 0 Å².